The van der Waals surface area contributed by atoms with Gasteiger partial charge < -0.3 is 15.4 Å². The van der Waals surface area contributed by atoms with Crippen molar-refractivity contribution in [2.75, 3.05) is 18.6 Å². The number of ether oxygens (including phenoxy) is 1. The summed E-state index contributed by atoms with van der Waals surface area (Å²) in [4.78, 5) is 4.20. The van der Waals surface area contributed by atoms with Crippen molar-refractivity contribution in [3.63, 3.8) is 0 Å². The third-order valence-corrected chi connectivity index (χ3v) is 6.69. The first-order valence-electron chi connectivity index (χ1n) is 9.77. The standard InChI is InChI=1S/C22H29N3O3S/c1-15-9-16(2)11-20(10-15)28-21-6-5-18(12-17(21)3)13-24-22(23-4)25-19-7-8-29(26,27)14-19/h5-6,9-12,19H,7-8,13-14H2,1-4H3,(H2,23,24,25). The van der Waals surface area contributed by atoms with Gasteiger partial charge in [0.15, 0.2) is 15.8 Å². The summed E-state index contributed by atoms with van der Waals surface area (Å²) in [5, 5.41) is 6.45. The van der Waals surface area contributed by atoms with E-state index in [0.29, 0.717) is 18.9 Å². The molecule has 2 aromatic rings. The fourth-order valence-electron chi connectivity index (χ4n) is 3.54. The zero-order valence-electron chi connectivity index (χ0n) is 17.5. The Hall–Kier alpha value is -2.54. The Morgan fingerprint density at radius 2 is 1.86 bits per heavy atom. The van der Waals surface area contributed by atoms with Gasteiger partial charge in [-0.2, -0.15) is 0 Å². The number of hydrogen-bond acceptors (Lipinski definition) is 4. The van der Waals surface area contributed by atoms with Gasteiger partial charge in [0.25, 0.3) is 0 Å². The molecule has 0 radical (unpaired) electrons. The van der Waals surface area contributed by atoms with Crippen LogP contribution in [0.4, 0.5) is 0 Å². The highest BCUT2D eigenvalue weighted by molar-refractivity contribution is 7.91. The average Bonchev–Trinajstić information content (AvgIpc) is 2.98. The summed E-state index contributed by atoms with van der Waals surface area (Å²) < 4.78 is 29.3. The van der Waals surface area contributed by atoms with Gasteiger partial charge in [-0.05, 0) is 67.6 Å². The van der Waals surface area contributed by atoms with Gasteiger partial charge in [0.05, 0.1) is 11.5 Å². The molecule has 0 saturated carbocycles. The van der Waals surface area contributed by atoms with E-state index in [4.69, 9.17) is 4.74 Å². The van der Waals surface area contributed by atoms with Crippen LogP contribution in [0.3, 0.4) is 0 Å². The van der Waals surface area contributed by atoms with Crippen molar-refractivity contribution in [3.05, 3.63) is 58.7 Å². The summed E-state index contributed by atoms with van der Waals surface area (Å²) in [5.74, 6) is 2.69. The SMILES string of the molecule is CN=C(NCc1ccc(Oc2cc(C)cc(C)c2)c(C)c1)NC1CCS(=O)(=O)C1. The van der Waals surface area contributed by atoms with Crippen molar-refractivity contribution < 1.29 is 13.2 Å². The summed E-state index contributed by atoms with van der Waals surface area (Å²) in [7, 11) is -1.23. The van der Waals surface area contributed by atoms with Gasteiger partial charge in [0, 0.05) is 19.6 Å². The maximum absolute atomic E-state index is 11.6. The molecule has 156 valence electrons. The van der Waals surface area contributed by atoms with Crippen molar-refractivity contribution in [1.82, 2.24) is 10.6 Å². The molecule has 1 aliphatic heterocycles. The predicted molar refractivity (Wildman–Crippen MR) is 118 cm³/mol. The molecule has 0 aliphatic carbocycles. The van der Waals surface area contributed by atoms with E-state index in [2.05, 4.69) is 41.6 Å². The molecule has 0 amide bonds. The van der Waals surface area contributed by atoms with Crippen LogP contribution in [0.15, 0.2) is 41.4 Å². The molecule has 0 bridgehead atoms. The van der Waals surface area contributed by atoms with Crippen LogP contribution in [0, 0.1) is 20.8 Å². The molecule has 6 nitrogen and oxygen atoms in total. The second kappa shape index (κ2) is 8.86. The van der Waals surface area contributed by atoms with Gasteiger partial charge in [0.1, 0.15) is 11.5 Å². The third-order valence-electron chi connectivity index (χ3n) is 4.92. The molecule has 1 unspecified atom stereocenters. The van der Waals surface area contributed by atoms with Crippen LogP contribution in [0.1, 0.15) is 28.7 Å². The summed E-state index contributed by atoms with van der Waals surface area (Å²) in [6, 6.07) is 12.2. The molecule has 2 N–H and O–H groups in total. The molecule has 1 aliphatic rings. The normalized spacial score (nSPS) is 18.5. The van der Waals surface area contributed by atoms with Crippen molar-refractivity contribution in [1.29, 1.82) is 0 Å². The number of hydrogen-bond donors (Lipinski definition) is 2. The molecule has 0 spiro atoms. The topological polar surface area (TPSA) is 79.8 Å². The summed E-state index contributed by atoms with van der Waals surface area (Å²) in [5.41, 5.74) is 4.49. The Morgan fingerprint density at radius 1 is 1.14 bits per heavy atom. The largest absolute Gasteiger partial charge is 0.457 e. The van der Waals surface area contributed by atoms with E-state index in [0.717, 1.165) is 22.6 Å². The highest BCUT2D eigenvalue weighted by atomic mass is 32.2. The van der Waals surface area contributed by atoms with E-state index < -0.39 is 9.84 Å². The number of guanidine groups is 1. The fraction of sp³-hybridized carbons (Fsp3) is 0.409. The molecule has 3 rings (SSSR count). The number of sulfone groups is 1. The second-order valence-electron chi connectivity index (χ2n) is 7.70. The van der Waals surface area contributed by atoms with E-state index >= 15 is 0 Å². The lowest BCUT2D eigenvalue weighted by Crippen LogP contribution is -2.43. The fourth-order valence-corrected chi connectivity index (χ4v) is 5.21. The Morgan fingerprint density at radius 3 is 2.45 bits per heavy atom. The zero-order valence-corrected chi connectivity index (χ0v) is 18.3. The Bertz CT molecular complexity index is 996. The number of aliphatic imine (C=N–C) groups is 1. The Labute approximate surface area is 173 Å². The number of nitrogens with zero attached hydrogens (tertiary/aromatic N) is 1. The van der Waals surface area contributed by atoms with E-state index in [-0.39, 0.29) is 17.5 Å². The smallest absolute Gasteiger partial charge is 0.191 e. The molecule has 1 atom stereocenters. The number of aryl methyl sites for hydroxylation is 3. The van der Waals surface area contributed by atoms with Crippen LogP contribution >= 0.6 is 0 Å². The Balaban J connectivity index is 1.59. The van der Waals surface area contributed by atoms with Crippen LogP contribution in [-0.2, 0) is 16.4 Å². The number of nitrogens with one attached hydrogen (secondary N) is 2. The van der Waals surface area contributed by atoms with Crippen molar-refractivity contribution in [2.24, 2.45) is 4.99 Å². The molecular formula is C22H29N3O3S. The van der Waals surface area contributed by atoms with Crippen LogP contribution in [-0.4, -0.2) is 39.0 Å². The van der Waals surface area contributed by atoms with E-state index in [1.165, 1.54) is 11.1 Å². The first kappa shape index (κ1) is 21.2. The van der Waals surface area contributed by atoms with Crippen LogP contribution < -0.4 is 15.4 Å². The highest BCUT2D eigenvalue weighted by Crippen LogP contribution is 2.27. The van der Waals surface area contributed by atoms with Crippen molar-refractivity contribution in [2.45, 2.75) is 39.8 Å². The van der Waals surface area contributed by atoms with Gasteiger partial charge in [-0.1, -0.05) is 18.2 Å². The van der Waals surface area contributed by atoms with E-state index in [1.54, 1.807) is 7.05 Å². The third kappa shape index (κ3) is 5.97. The van der Waals surface area contributed by atoms with Crippen molar-refractivity contribution >= 4 is 15.8 Å². The number of rotatable bonds is 5. The van der Waals surface area contributed by atoms with Crippen LogP contribution in [0.2, 0.25) is 0 Å². The van der Waals surface area contributed by atoms with Gasteiger partial charge in [0.2, 0.25) is 0 Å². The molecule has 0 aromatic heterocycles. The maximum atomic E-state index is 11.6. The molecule has 1 saturated heterocycles. The Kier molecular flexibility index (Phi) is 6.47. The lowest BCUT2D eigenvalue weighted by atomic mass is 10.1. The molecule has 1 fully saturated rings. The van der Waals surface area contributed by atoms with Crippen molar-refractivity contribution in [3.8, 4) is 11.5 Å². The second-order valence-corrected chi connectivity index (χ2v) is 9.92. The van der Waals surface area contributed by atoms with Gasteiger partial charge in [-0.3, -0.25) is 4.99 Å². The zero-order chi connectivity index (χ0) is 21.0. The minimum atomic E-state index is -2.92. The summed E-state index contributed by atoms with van der Waals surface area (Å²) >= 11 is 0. The molecule has 7 heteroatoms. The first-order valence-corrected chi connectivity index (χ1v) is 11.6. The van der Waals surface area contributed by atoms with Crippen LogP contribution in [0.25, 0.3) is 0 Å². The van der Waals surface area contributed by atoms with Gasteiger partial charge in [-0.15, -0.1) is 0 Å². The van der Waals surface area contributed by atoms with Gasteiger partial charge >= 0.3 is 0 Å². The predicted octanol–water partition coefficient (Wildman–Crippen LogP) is 3.26. The summed E-state index contributed by atoms with van der Waals surface area (Å²) in [6.45, 7) is 6.73. The van der Waals surface area contributed by atoms with Gasteiger partial charge in [-0.25, -0.2) is 8.42 Å². The molecule has 29 heavy (non-hydrogen) atoms. The maximum Gasteiger partial charge on any atom is 0.191 e. The summed E-state index contributed by atoms with van der Waals surface area (Å²) in [6.07, 6.45) is 0.618. The first-order chi connectivity index (χ1) is 13.7. The molecule has 2 aromatic carbocycles. The van der Waals surface area contributed by atoms with E-state index in [9.17, 15) is 8.42 Å². The molecular weight excluding hydrogens is 386 g/mol. The monoisotopic (exact) mass is 415 g/mol. The lowest BCUT2D eigenvalue weighted by Gasteiger charge is -2.17. The highest BCUT2D eigenvalue weighted by Gasteiger charge is 2.28. The average molecular weight is 416 g/mol. The molecule has 1 heterocycles. The van der Waals surface area contributed by atoms with E-state index in [1.807, 2.05) is 31.2 Å². The quantitative estimate of drug-likeness (QED) is 0.579. The lowest BCUT2D eigenvalue weighted by molar-refractivity contribution is 0.478. The minimum absolute atomic E-state index is 0.0819. The van der Waals surface area contributed by atoms with Crippen LogP contribution in [0.5, 0.6) is 11.5 Å². The number of benzene rings is 2. The minimum Gasteiger partial charge on any atom is -0.457 e.